The van der Waals surface area contributed by atoms with Crippen molar-refractivity contribution in [3.05, 3.63) is 58.9 Å². The van der Waals surface area contributed by atoms with E-state index in [0.29, 0.717) is 4.90 Å². The molecule has 2 aromatic rings. The van der Waals surface area contributed by atoms with E-state index in [1.165, 1.54) is 39.0 Å². The van der Waals surface area contributed by atoms with Gasteiger partial charge in [-0.3, -0.25) is 9.69 Å². The van der Waals surface area contributed by atoms with Crippen molar-refractivity contribution < 1.29 is 37.0 Å². The van der Waals surface area contributed by atoms with Crippen molar-refractivity contribution >= 4 is 17.9 Å². The summed E-state index contributed by atoms with van der Waals surface area (Å²) in [7, 11) is 0. The van der Waals surface area contributed by atoms with Gasteiger partial charge in [-0.05, 0) is 39.8 Å². The molecule has 2 aromatic heterocycles. The molecule has 0 N–H and O–H groups in total. The molecule has 2 heterocycles. The number of amides is 1. The fraction of sp³-hybridized carbons (Fsp3) is 0.429. The van der Waals surface area contributed by atoms with Crippen molar-refractivity contribution in [3.63, 3.8) is 0 Å². The molecule has 0 spiro atoms. The Bertz CT molecular complexity index is 979. The number of nitrogens with zero attached hydrogens (tertiary/aromatic N) is 3. The van der Waals surface area contributed by atoms with Crippen LogP contribution in [-0.2, 0) is 26.6 Å². The largest absolute Gasteiger partial charge is 0.618 e. The van der Waals surface area contributed by atoms with Crippen molar-refractivity contribution in [2.45, 2.75) is 45.6 Å². The molecule has 0 atom stereocenters. The first-order valence-electron chi connectivity index (χ1n) is 9.71. The quantitative estimate of drug-likeness (QED) is 0.360. The van der Waals surface area contributed by atoms with Crippen molar-refractivity contribution in [3.8, 4) is 0 Å². The van der Waals surface area contributed by atoms with E-state index in [9.17, 15) is 23.6 Å². The second kappa shape index (κ2) is 9.84. The highest BCUT2D eigenvalue weighted by molar-refractivity contribution is 5.87. The van der Waals surface area contributed by atoms with Crippen molar-refractivity contribution in [1.29, 1.82) is 0 Å². The molecule has 8 nitrogen and oxygen atoms in total. The van der Waals surface area contributed by atoms with Crippen LogP contribution in [0.5, 0.6) is 0 Å². The van der Waals surface area contributed by atoms with E-state index in [2.05, 4.69) is 4.98 Å². The number of halogens is 3. The average Bonchev–Trinajstić information content (AvgIpc) is 2.67. The number of pyridine rings is 2. The van der Waals surface area contributed by atoms with E-state index in [1.54, 1.807) is 6.92 Å². The average molecular weight is 455 g/mol. The Kier molecular flexibility index (Phi) is 7.65. The van der Waals surface area contributed by atoms with E-state index in [1.807, 2.05) is 0 Å². The number of hydrogen-bond acceptors (Lipinski definition) is 6. The lowest BCUT2D eigenvalue weighted by Crippen LogP contribution is -2.47. The number of carbonyl (C=O) groups excluding carboxylic acids is 2. The normalized spacial score (nSPS) is 11.7. The molecule has 0 bridgehead atoms. The van der Waals surface area contributed by atoms with Gasteiger partial charge in [0.15, 0.2) is 17.8 Å². The van der Waals surface area contributed by atoms with Gasteiger partial charge in [-0.15, -0.1) is 0 Å². The molecule has 0 saturated carbocycles. The minimum atomic E-state index is -3.88. The van der Waals surface area contributed by atoms with Crippen molar-refractivity contribution in [1.82, 2.24) is 4.98 Å². The maximum absolute atomic E-state index is 15.1. The van der Waals surface area contributed by atoms with Gasteiger partial charge in [0.25, 0.3) is 5.69 Å². The summed E-state index contributed by atoms with van der Waals surface area (Å²) >= 11 is 0. The molecular formula is C21H24F3N3O5. The highest BCUT2D eigenvalue weighted by Crippen LogP contribution is 2.31. The molecule has 0 radical (unpaired) electrons. The molecular weight excluding hydrogens is 431 g/mol. The zero-order valence-corrected chi connectivity index (χ0v) is 18.1. The number of aromatic nitrogens is 2. The van der Waals surface area contributed by atoms with Crippen molar-refractivity contribution in [2.24, 2.45) is 0 Å². The van der Waals surface area contributed by atoms with Crippen LogP contribution in [0, 0.1) is 11.0 Å². The Morgan fingerprint density at radius 2 is 1.91 bits per heavy atom. The first-order chi connectivity index (χ1) is 14.9. The number of alkyl halides is 2. The molecule has 174 valence electrons. The van der Waals surface area contributed by atoms with Gasteiger partial charge < -0.3 is 14.7 Å². The number of ether oxygens (including phenoxy) is 2. The summed E-state index contributed by atoms with van der Waals surface area (Å²) in [5, 5.41) is 11.8. The third-order valence-corrected chi connectivity index (χ3v) is 4.02. The van der Waals surface area contributed by atoms with E-state index in [-0.39, 0.29) is 16.9 Å². The van der Waals surface area contributed by atoms with Gasteiger partial charge in [0.2, 0.25) is 0 Å². The van der Waals surface area contributed by atoms with Gasteiger partial charge in [0.1, 0.15) is 12.1 Å². The fourth-order valence-electron chi connectivity index (χ4n) is 2.70. The van der Waals surface area contributed by atoms with E-state index >= 15 is 4.39 Å². The lowest BCUT2D eigenvalue weighted by Gasteiger charge is -2.29. The van der Waals surface area contributed by atoms with E-state index < -0.39 is 53.9 Å². The Morgan fingerprint density at radius 3 is 2.50 bits per heavy atom. The highest BCUT2D eigenvalue weighted by Gasteiger charge is 2.44. The van der Waals surface area contributed by atoms with Crippen LogP contribution in [0.25, 0.3) is 0 Å². The fourth-order valence-corrected chi connectivity index (χ4v) is 2.70. The number of rotatable bonds is 7. The lowest BCUT2D eigenvalue weighted by molar-refractivity contribution is -0.624. The number of carbonyl (C=O) groups is 2. The molecule has 0 fully saturated rings. The minimum absolute atomic E-state index is 0.0474. The third-order valence-electron chi connectivity index (χ3n) is 4.02. The van der Waals surface area contributed by atoms with Crippen LogP contribution in [0.4, 0.5) is 23.8 Å². The third kappa shape index (κ3) is 6.32. The molecule has 0 aliphatic carbocycles. The molecule has 32 heavy (non-hydrogen) atoms. The van der Waals surface area contributed by atoms with Gasteiger partial charge in [-0.2, -0.15) is 13.5 Å². The topological polar surface area (TPSA) is 95.7 Å². The van der Waals surface area contributed by atoms with Crippen LogP contribution in [0.2, 0.25) is 0 Å². The van der Waals surface area contributed by atoms with Crippen LogP contribution >= 0.6 is 0 Å². The van der Waals surface area contributed by atoms with Crippen LogP contribution in [-0.4, -0.2) is 35.8 Å². The zero-order valence-electron chi connectivity index (χ0n) is 18.1. The Balaban J connectivity index is 2.50. The molecule has 0 unspecified atom stereocenters. The summed E-state index contributed by atoms with van der Waals surface area (Å²) in [5.74, 6) is -6.56. The summed E-state index contributed by atoms with van der Waals surface area (Å²) in [4.78, 5) is 28.5. The SMILES string of the molecule is CCOC(=O)Cc1ccnc(N(CC(F)(F)c2cccc[n+]2[O-])C(=O)OC(C)(C)C)c1F. The lowest BCUT2D eigenvalue weighted by atomic mass is 10.1. The molecule has 0 aliphatic rings. The molecule has 11 heteroatoms. The van der Waals surface area contributed by atoms with Gasteiger partial charge in [-0.1, -0.05) is 0 Å². The second-order valence-corrected chi connectivity index (χ2v) is 7.77. The zero-order chi connectivity index (χ0) is 24.1. The predicted octanol–water partition coefficient (Wildman–Crippen LogP) is 3.49. The first-order valence-corrected chi connectivity index (χ1v) is 9.71. The van der Waals surface area contributed by atoms with Crippen LogP contribution in [0.1, 0.15) is 39.0 Å². The van der Waals surface area contributed by atoms with Gasteiger partial charge in [0, 0.05) is 23.9 Å². The number of esters is 1. The monoisotopic (exact) mass is 455 g/mol. The summed E-state index contributed by atoms with van der Waals surface area (Å²) in [6.45, 7) is 4.73. The summed E-state index contributed by atoms with van der Waals surface area (Å²) in [6.07, 6.45) is 0.149. The highest BCUT2D eigenvalue weighted by atomic mass is 19.3. The predicted molar refractivity (Wildman–Crippen MR) is 107 cm³/mol. The Labute approximate surface area is 183 Å². The molecule has 0 aromatic carbocycles. The summed E-state index contributed by atoms with van der Waals surface area (Å²) in [5.41, 5.74) is -2.24. The molecule has 0 aliphatic heterocycles. The maximum atomic E-state index is 15.1. The van der Waals surface area contributed by atoms with Gasteiger partial charge >= 0.3 is 18.0 Å². The number of hydrogen-bond donors (Lipinski definition) is 0. The van der Waals surface area contributed by atoms with E-state index in [4.69, 9.17) is 9.47 Å². The molecule has 2 rings (SSSR count). The number of anilines is 1. The maximum Gasteiger partial charge on any atom is 0.416 e. The summed E-state index contributed by atoms with van der Waals surface area (Å²) in [6, 6.07) is 4.55. The Morgan fingerprint density at radius 1 is 1.22 bits per heavy atom. The smallest absolute Gasteiger partial charge is 0.416 e. The van der Waals surface area contributed by atoms with Crippen LogP contribution < -0.4 is 9.63 Å². The van der Waals surface area contributed by atoms with E-state index in [0.717, 1.165) is 18.5 Å². The Hall–Kier alpha value is -3.37. The first kappa shape index (κ1) is 24.9. The van der Waals surface area contributed by atoms with Gasteiger partial charge in [-0.25, -0.2) is 14.2 Å². The molecule has 0 saturated heterocycles. The van der Waals surface area contributed by atoms with Crippen LogP contribution in [0.15, 0.2) is 36.7 Å². The van der Waals surface area contributed by atoms with Gasteiger partial charge in [0.05, 0.1) is 13.0 Å². The van der Waals surface area contributed by atoms with Crippen molar-refractivity contribution in [2.75, 3.05) is 18.1 Å². The summed E-state index contributed by atoms with van der Waals surface area (Å²) < 4.78 is 55.0. The standard InChI is InChI=1S/C21H24F3N3O5/c1-5-31-16(28)12-14-9-10-25-18(17(14)22)26(19(29)32-20(2,3)4)13-21(23,24)15-8-6-7-11-27(15)30/h6-11H,5,12-13H2,1-4H3. The second-order valence-electron chi connectivity index (χ2n) is 7.77. The molecule has 1 amide bonds. The van der Waals surface area contributed by atoms with Crippen LogP contribution in [0.3, 0.4) is 0 Å². The minimum Gasteiger partial charge on any atom is -0.618 e.